The Morgan fingerprint density at radius 2 is 1.93 bits per heavy atom. The number of fused-ring (bicyclic) bond motifs is 1. The largest absolute Gasteiger partial charge is 0.360 e. The third-order valence-corrected chi connectivity index (χ3v) is 5.50. The van der Waals surface area contributed by atoms with Gasteiger partial charge in [-0.05, 0) is 30.0 Å². The van der Waals surface area contributed by atoms with Crippen LogP contribution in [0.1, 0.15) is 51.1 Å². The minimum atomic E-state index is -0.144. The third-order valence-electron chi connectivity index (χ3n) is 5.50. The maximum atomic E-state index is 12.6. The normalized spacial score (nSPS) is 19.7. The lowest BCUT2D eigenvalue weighted by molar-refractivity contribution is -0.133. The Morgan fingerprint density at radius 3 is 2.64 bits per heavy atom. The molecule has 1 aromatic carbocycles. The maximum Gasteiger partial charge on any atom is 0.254 e. The number of aromatic nitrogens is 1. The summed E-state index contributed by atoms with van der Waals surface area (Å²) < 4.78 is 5.45. The first-order valence-electron chi connectivity index (χ1n) is 9.55. The fourth-order valence-electron chi connectivity index (χ4n) is 3.82. The Bertz CT molecular complexity index is 932. The Hall–Kier alpha value is -2.96. The van der Waals surface area contributed by atoms with Crippen LogP contribution in [0, 0.1) is 5.92 Å². The summed E-state index contributed by atoms with van der Waals surface area (Å²) in [4.78, 5) is 40.0. The smallest absolute Gasteiger partial charge is 0.254 e. The van der Waals surface area contributed by atoms with E-state index in [0.29, 0.717) is 48.7 Å². The van der Waals surface area contributed by atoms with Crippen LogP contribution in [0.25, 0.3) is 0 Å². The number of ketones is 1. The van der Waals surface area contributed by atoms with E-state index in [1.807, 2.05) is 19.1 Å². The Balaban J connectivity index is 1.47. The molecule has 4 rings (SSSR count). The van der Waals surface area contributed by atoms with E-state index in [9.17, 15) is 14.4 Å². The fourth-order valence-corrected chi connectivity index (χ4v) is 3.82. The van der Waals surface area contributed by atoms with Crippen LogP contribution in [0.15, 0.2) is 28.8 Å². The minimum Gasteiger partial charge on any atom is -0.360 e. The van der Waals surface area contributed by atoms with Crippen LogP contribution in [0.4, 0.5) is 0 Å². The molecule has 1 aliphatic carbocycles. The van der Waals surface area contributed by atoms with E-state index >= 15 is 0 Å². The summed E-state index contributed by atoms with van der Waals surface area (Å²) >= 11 is 0. The molecule has 146 valence electrons. The number of carbonyl (C=O) groups is 3. The summed E-state index contributed by atoms with van der Waals surface area (Å²) in [6.07, 6.45) is 1.75. The second-order valence-corrected chi connectivity index (χ2v) is 7.78. The van der Waals surface area contributed by atoms with Gasteiger partial charge >= 0.3 is 0 Å². The van der Waals surface area contributed by atoms with Crippen molar-refractivity contribution in [2.45, 2.75) is 26.2 Å². The molecule has 1 aromatic heterocycles. The molecule has 1 saturated heterocycles. The molecule has 2 amide bonds. The van der Waals surface area contributed by atoms with Crippen molar-refractivity contribution in [3.8, 4) is 0 Å². The van der Waals surface area contributed by atoms with E-state index in [2.05, 4.69) is 5.16 Å². The molecule has 2 aliphatic rings. The maximum absolute atomic E-state index is 12.6. The van der Waals surface area contributed by atoms with Crippen molar-refractivity contribution in [2.75, 3.05) is 26.7 Å². The van der Waals surface area contributed by atoms with Crippen molar-refractivity contribution in [3.05, 3.63) is 52.4 Å². The second kappa shape index (κ2) is 7.22. The van der Waals surface area contributed by atoms with Crippen LogP contribution in [0.5, 0.6) is 0 Å². The molecule has 0 radical (unpaired) electrons. The predicted octanol–water partition coefficient (Wildman–Crippen LogP) is 1.94. The van der Waals surface area contributed by atoms with Gasteiger partial charge in [-0.15, -0.1) is 0 Å². The van der Waals surface area contributed by atoms with E-state index in [1.54, 1.807) is 29.0 Å². The summed E-state index contributed by atoms with van der Waals surface area (Å²) in [6, 6.07) is 7.23. The van der Waals surface area contributed by atoms with E-state index in [0.717, 1.165) is 17.7 Å². The molecule has 2 aromatic rings. The molecule has 28 heavy (non-hydrogen) atoms. The standard InChI is InChI=1S/C21H23N3O4/c1-13-9-16-20(17(25)10-13)18(28-22-16)11-14-3-5-15(6-4-14)21(27)24-8-7-23(2)19(26)12-24/h3-6,13H,7-12H2,1-2H3. The van der Waals surface area contributed by atoms with Crippen molar-refractivity contribution >= 4 is 17.6 Å². The highest BCUT2D eigenvalue weighted by Crippen LogP contribution is 2.28. The number of piperazine rings is 1. The zero-order valence-electron chi connectivity index (χ0n) is 16.1. The summed E-state index contributed by atoms with van der Waals surface area (Å²) in [7, 11) is 1.74. The van der Waals surface area contributed by atoms with Crippen LogP contribution >= 0.6 is 0 Å². The van der Waals surface area contributed by atoms with Gasteiger partial charge in [-0.3, -0.25) is 14.4 Å². The highest BCUT2D eigenvalue weighted by atomic mass is 16.5. The average molecular weight is 381 g/mol. The molecule has 0 bridgehead atoms. The van der Waals surface area contributed by atoms with Gasteiger partial charge in [-0.1, -0.05) is 24.2 Å². The van der Waals surface area contributed by atoms with E-state index in [-0.39, 0.29) is 24.1 Å². The SMILES string of the molecule is CC1CC(=O)c2c(noc2Cc2ccc(C(=O)N3CCN(C)C(=O)C3)cc2)C1. The van der Waals surface area contributed by atoms with Gasteiger partial charge in [-0.2, -0.15) is 0 Å². The topological polar surface area (TPSA) is 83.7 Å². The van der Waals surface area contributed by atoms with Crippen molar-refractivity contribution < 1.29 is 18.9 Å². The lowest BCUT2D eigenvalue weighted by Crippen LogP contribution is -2.50. The number of hydrogen-bond donors (Lipinski definition) is 0. The molecular formula is C21H23N3O4. The number of Topliss-reactive ketones (excluding diaryl/α,β-unsaturated/α-hetero) is 1. The predicted molar refractivity (Wildman–Crippen MR) is 101 cm³/mol. The van der Waals surface area contributed by atoms with Crippen LogP contribution in [0.2, 0.25) is 0 Å². The molecule has 1 aliphatic heterocycles. The van der Waals surface area contributed by atoms with Gasteiger partial charge in [0.15, 0.2) is 11.5 Å². The first kappa shape index (κ1) is 18.4. The number of carbonyl (C=O) groups excluding carboxylic acids is 3. The van der Waals surface area contributed by atoms with E-state index < -0.39 is 0 Å². The van der Waals surface area contributed by atoms with E-state index in [1.165, 1.54) is 0 Å². The number of rotatable bonds is 3. The van der Waals surface area contributed by atoms with Crippen molar-refractivity contribution in [1.82, 2.24) is 15.0 Å². The van der Waals surface area contributed by atoms with Gasteiger partial charge in [0.2, 0.25) is 5.91 Å². The number of benzene rings is 1. The summed E-state index contributed by atoms with van der Waals surface area (Å²) in [5.41, 5.74) is 2.88. The van der Waals surface area contributed by atoms with Gasteiger partial charge in [0, 0.05) is 38.5 Å². The van der Waals surface area contributed by atoms with Crippen LogP contribution in [-0.4, -0.2) is 59.2 Å². The quantitative estimate of drug-likeness (QED) is 0.811. The highest BCUT2D eigenvalue weighted by molar-refractivity contribution is 5.99. The van der Waals surface area contributed by atoms with Gasteiger partial charge in [0.05, 0.1) is 11.3 Å². The zero-order valence-corrected chi connectivity index (χ0v) is 16.1. The molecule has 7 heteroatoms. The molecule has 1 fully saturated rings. The van der Waals surface area contributed by atoms with Crippen LogP contribution in [0.3, 0.4) is 0 Å². The molecular weight excluding hydrogens is 358 g/mol. The van der Waals surface area contributed by atoms with Gasteiger partial charge < -0.3 is 14.3 Å². The first-order valence-corrected chi connectivity index (χ1v) is 9.55. The van der Waals surface area contributed by atoms with Crippen molar-refractivity contribution in [2.24, 2.45) is 5.92 Å². The fraction of sp³-hybridized carbons (Fsp3) is 0.429. The monoisotopic (exact) mass is 381 g/mol. The highest BCUT2D eigenvalue weighted by Gasteiger charge is 2.30. The number of amides is 2. The zero-order chi connectivity index (χ0) is 19.8. The lowest BCUT2D eigenvalue weighted by atomic mass is 9.86. The van der Waals surface area contributed by atoms with Crippen LogP contribution in [-0.2, 0) is 17.6 Å². The van der Waals surface area contributed by atoms with E-state index in [4.69, 9.17) is 4.52 Å². The molecule has 0 saturated carbocycles. The average Bonchev–Trinajstić information content (AvgIpc) is 3.07. The van der Waals surface area contributed by atoms with Gasteiger partial charge in [0.1, 0.15) is 6.54 Å². The van der Waals surface area contributed by atoms with Crippen molar-refractivity contribution in [1.29, 1.82) is 0 Å². The lowest BCUT2D eigenvalue weighted by Gasteiger charge is -2.32. The van der Waals surface area contributed by atoms with Crippen LogP contribution < -0.4 is 0 Å². The molecule has 1 unspecified atom stereocenters. The third kappa shape index (κ3) is 3.44. The molecule has 2 heterocycles. The summed E-state index contributed by atoms with van der Waals surface area (Å²) in [5, 5.41) is 4.08. The number of nitrogens with zero attached hydrogens (tertiary/aromatic N) is 3. The number of hydrogen-bond acceptors (Lipinski definition) is 5. The molecule has 0 N–H and O–H groups in total. The Morgan fingerprint density at radius 1 is 1.18 bits per heavy atom. The molecule has 0 spiro atoms. The Kier molecular flexibility index (Phi) is 4.75. The first-order chi connectivity index (χ1) is 13.4. The second-order valence-electron chi connectivity index (χ2n) is 7.78. The summed E-state index contributed by atoms with van der Waals surface area (Å²) in [6.45, 7) is 3.24. The van der Waals surface area contributed by atoms with Gasteiger partial charge in [0.25, 0.3) is 5.91 Å². The Labute approximate surface area is 163 Å². The summed E-state index contributed by atoms with van der Waals surface area (Å²) in [5.74, 6) is 0.788. The van der Waals surface area contributed by atoms with Gasteiger partial charge in [-0.25, -0.2) is 0 Å². The van der Waals surface area contributed by atoms with Crippen molar-refractivity contribution in [3.63, 3.8) is 0 Å². The number of likely N-dealkylation sites (N-methyl/N-ethyl adjacent to an activating group) is 1. The molecule has 7 nitrogen and oxygen atoms in total. The molecule has 1 atom stereocenters. The minimum absolute atomic E-state index is 0.0506.